The van der Waals surface area contributed by atoms with Crippen LogP contribution in [0.4, 0.5) is 0 Å². The molecule has 0 amide bonds. The second kappa shape index (κ2) is 9.36. The normalized spacial score (nSPS) is 12.1. The molecular weight excluding hydrogens is 282 g/mol. The van der Waals surface area contributed by atoms with Crippen LogP contribution in [-0.2, 0) is 6.54 Å². The number of ether oxygens (including phenoxy) is 1. The minimum atomic E-state index is 0.324. The third-order valence-corrected chi connectivity index (χ3v) is 4.09. The van der Waals surface area contributed by atoms with Crippen LogP contribution in [0.1, 0.15) is 55.8 Å². The molecule has 0 bridgehead atoms. The number of nitrogens with one attached hydrogen (secondary N) is 1. The Balaban J connectivity index is 1.81. The van der Waals surface area contributed by atoms with Gasteiger partial charge in [0.05, 0.1) is 6.61 Å². The van der Waals surface area contributed by atoms with Gasteiger partial charge in [0.15, 0.2) is 0 Å². The Labute approximate surface area is 140 Å². The molecule has 0 aliphatic rings. The molecule has 0 spiro atoms. The Bertz CT molecular complexity index is 577. The van der Waals surface area contributed by atoms with Gasteiger partial charge in [-0.3, -0.25) is 0 Å². The number of rotatable bonds is 9. The fourth-order valence-electron chi connectivity index (χ4n) is 2.61. The summed E-state index contributed by atoms with van der Waals surface area (Å²) in [6.07, 6.45) is 3.59. The molecule has 2 rings (SSSR count). The van der Waals surface area contributed by atoms with E-state index < -0.39 is 0 Å². The van der Waals surface area contributed by atoms with Crippen molar-refractivity contribution in [1.82, 2.24) is 5.32 Å². The van der Waals surface area contributed by atoms with Gasteiger partial charge in [-0.15, -0.1) is 0 Å². The summed E-state index contributed by atoms with van der Waals surface area (Å²) in [5.41, 5.74) is 3.92. The first kappa shape index (κ1) is 17.6. The summed E-state index contributed by atoms with van der Waals surface area (Å²) in [5, 5.41) is 3.58. The van der Waals surface area contributed by atoms with Crippen molar-refractivity contribution in [2.24, 2.45) is 0 Å². The average Bonchev–Trinajstić information content (AvgIpc) is 2.57. The zero-order valence-electron chi connectivity index (χ0n) is 14.6. The standard InChI is InChI=1S/C21H29NO/c1-4-5-6-14-23-21-12-10-20(11-13-21)18(3)22-16-19-9-7-8-17(2)15-19/h7-13,15,18,22H,4-6,14,16H2,1-3H3. The van der Waals surface area contributed by atoms with E-state index in [0.717, 1.165) is 25.3 Å². The van der Waals surface area contributed by atoms with E-state index in [9.17, 15) is 0 Å². The van der Waals surface area contributed by atoms with Crippen molar-refractivity contribution >= 4 is 0 Å². The molecule has 0 aliphatic heterocycles. The molecule has 0 aromatic heterocycles. The van der Waals surface area contributed by atoms with Gasteiger partial charge >= 0.3 is 0 Å². The smallest absolute Gasteiger partial charge is 0.119 e. The van der Waals surface area contributed by atoms with Crippen molar-refractivity contribution in [2.45, 2.75) is 52.6 Å². The van der Waals surface area contributed by atoms with Gasteiger partial charge in [-0.25, -0.2) is 0 Å². The van der Waals surface area contributed by atoms with Gasteiger partial charge in [-0.1, -0.05) is 61.7 Å². The first-order valence-corrected chi connectivity index (χ1v) is 8.70. The fourth-order valence-corrected chi connectivity index (χ4v) is 2.61. The summed E-state index contributed by atoms with van der Waals surface area (Å²) >= 11 is 0. The van der Waals surface area contributed by atoms with Crippen LogP contribution >= 0.6 is 0 Å². The molecule has 0 fully saturated rings. The third-order valence-electron chi connectivity index (χ3n) is 4.09. The van der Waals surface area contributed by atoms with E-state index in [4.69, 9.17) is 4.74 Å². The summed E-state index contributed by atoms with van der Waals surface area (Å²) in [6.45, 7) is 8.24. The lowest BCUT2D eigenvalue weighted by atomic mass is 10.1. The first-order chi connectivity index (χ1) is 11.2. The average molecular weight is 311 g/mol. The lowest BCUT2D eigenvalue weighted by molar-refractivity contribution is 0.306. The van der Waals surface area contributed by atoms with Gasteiger partial charge in [-0.2, -0.15) is 0 Å². The summed E-state index contributed by atoms with van der Waals surface area (Å²) in [7, 11) is 0. The first-order valence-electron chi connectivity index (χ1n) is 8.70. The van der Waals surface area contributed by atoms with E-state index in [1.54, 1.807) is 0 Å². The lowest BCUT2D eigenvalue weighted by Crippen LogP contribution is -2.18. The molecule has 0 radical (unpaired) electrons. The highest BCUT2D eigenvalue weighted by atomic mass is 16.5. The minimum Gasteiger partial charge on any atom is -0.494 e. The zero-order chi connectivity index (χ0) is 16.5. The highest BCUT2D eigenvalue weighted by Gasteiger charge is 2.05. The van der Waals surface area contributed by atoms with E-state index in [1.165, 1.54) is 29.5 Å². The highest BCUT2D eigenvalue weighted by Crippen LogP contribution is 2.18. The van der Waals surface area contributed by atoms with Crippen molar-refractivity contribution in [3.05, 3.63) is 65.2 Å². The van der Waals surface area contributed by atoms with Crippen molar-refractivity contribution in [3.63, 3.8) is 0 Å². The molecule has 2 heteroatoms. The van der Waals surface area contributed by atoms with E-state index in [2.05, 4.69) is 74.6 Å². The molecule has 1 N–H and O–H groups in total. The number of aryl methyl sites for hydroxylation is 1. The van der Waals surface area contributed by atoms with Crippen LogP contribution in [0.3, 0.4) is 0 Å². The van der Waals surface area contributed by atoms with Crippen LogP contribution < -0.4 is 10.1 Å². The van der Waals surface area contributed by atoms with Crippen LogP contribution in [-0.4, -0.2) is 6.61 Å². The van der Waals surface area contributed by atoms with E-state index in [0.29, 0.717) is 6.04 Å². The largest absolute Gasteiger partial charge is 0.494 e. The summed E-state index contributed by atoms with van der Waals surface area (Å²) in [4.78, 5) is 0. The Kier molecular flexibility index (Phi) is 7.15. The maximum Gasteiger partial charge on any atom is 0.119 e. The van der Waals surface area contributed by atoms with Crippen LogP contribution in [0.2, 0.25) is 0 Å². The van der Waals surface area contributed by atoms with Gasteiger partial charge in [0.2, 0.25) is 0 Å². The number of hydrogen-bond donors (Lipinski definition) is 1. The number of unbranched alkanes of at least 4 members (excludes halogenated alkanes) is 2. The quantitative estimate of drug-likeness (QED) is 0.625. The van der Waals surface area contributed by atoms with Crippen molar-refractivity contribution < 1.29 is 4.74 Å². The van der Waals surface area contributed by atoms with Gasteiger partial charge in [0, 0.05) is 12.6 Å². The molecule has 124 valence electrons. The molecule has 0 aliphatic carbocycles. The molecule has 0 heterocycles. The van der Waals surface area contributed by atoms with Gasteiger partial charge in [0.1, 0.15) is 5.75 Å². The van der Waals surface area contributed by atoms with Crippen LogP contribution in [0.25, 0.3) is 0 Å². The summed E-state index contributed by atoms with van der Waals surface area (Å²) < 4.78 is 5.76. The maximum atomic E-state index is 5.76. The van der Waals surface area contributed by atoms with Gasteiger partial charge < -0.3 is 10.1 Å². The Morgan fingerprint density at radius 2 is 1.83 bits per heavy atom. The van der Waals surface area contributed by atoms with Crippen molar-refractivity contribution in [1.29, 1.82) is 0 Å². The van der Waals surface area contributed by atoms with Gasteiger partial charge in [0.25, 0.3) is 0 Å². The van der Waals surface area contributed by atoms with E-state index in [1.807, 2.05) is 0 Å². The van der Waals surface area contributed by atoms with E-state index in [-0.39, 0.29) is 0 Å². The van der Waals surface area contributed by atoms with Gasteiger partial charge in [-0.05, 0) is 43.5 Å². The third kappa shape index (κ3) is 6.07. The summed E-state index contributed by atoms with van der Waals surface area (Å²) in [6, 6.07) is 17.4. The SMILES string of the molecule is CCCCCOc1ccc(C(C)NCc2cccc(C)c2)cc1. The monoisotopic (exact) mass is 311 g/mol. The molecule has 0 saturated carbocycles. The lowest BCUT2D eigenvalue weighted by Gasteiger charge is -2.15. The predicted molar refractivity (Wildman–Crippen MR) is 97.9 cm³/mol. The number of hydrogen-bond acceptors (Lipinski definition) is 2. The van der Waals surface area contributed by atoms with Crippen LogP contribution in [0.15, 0.2) is 48.5 Å². The second-order valence-corrected chi connectivity index (χ2v) is 6.22. The Hall–Kier alpha value is -1.80. The van der Waals surface area contributed by atoms with Crippen molar-refractivity contribution in [2.75, 3.05) is 6.61 Å². The highest BCUT2D eigenvalue weighted by molar-refractivity contribution is 5.29. The minimum absolute atomic E-state index is 0.324. The molecule has 23 heavy (non-hydrogen) atoms. The zero-order valence-corrected chi connectivity index (χ0v) is 14.6. The molecule has 2 aromatic rings. The number of benzene rings is 2. The molecule has 2 aromatic carbocycles. The maximum absolute atomic E-state index is 5.76. The molecule has 2 nitrogen and oxygen atoms in total. The van der Waals surface area contributed by atoms with Crippen molar-refractivity contribution in [3.8, 4) is 5.75 Å². The Morgan fingerprint density at radius 3 is 2.52 bits per heavy atom. The summed E-state index contributed by atoms with van der Waals surface area (Å²) in [5.74, 6) is 0.968. The molecular formula is C21H29NO. The Morgan fingerprint density at radius 1 is 1.04 bits per heavy atom. The fraction of sp³-hybridized carbons (Fsp3) is 0.429. The van der Waals surface area contributed by atoms with E-state index >= 15 is 0 Å². The predicted octanol–water partition coefficient (Wildman–Crippen LogP) is 5.41. The van der Waals surface area contributed by atoms with Crippen LogP contribution in [0.5, 0.6) is 5.75 Å². The molecule has 0 saturated heterocycles. The van der Waals surface area contributed by atoms with Crippen LogP contribution in [0, 0.1) is 6.92 Å². The molecule has 1 atom stereocenters. The second-order valence-electron chi connectivity index (χ2n) is 6.22. The molecule has 1 unspecified atom stereocenters. The topological polar surface area (TPSA) is 21.3 Å².